The predicted molar refractivity (Wildman–Crippen MR) is 118 cm³/mol. The lowest BCUT2D eigenvalue weighted by molar-refractivity contribution is -0.140. The molecule has 0 saturated carbocycles. The Kier molecular flexibility index (Phi) is 5.59. The van der Waals surface area contributed by atoms with Crippen LogP contribution in [0.1, 0.15) is 17.2 Å². The Labute approximate surface area is 196 Å². The van der Waals surface area contributed by atoms with Gasteiger partial charge < -0.3 is 14.7 Å². The van der Waals surface area contributed by atoms with Crippen molar-refractivity contribution in [3.05, 3.63) is 71.4 Å². The van der Waals surface area contributed by atoms with Gasteiger partial charge in [-0.2, -0.15) is 18.3 Å². The Morgan fingerprint density at radius 3 is 2.54 bits per heavy atom. The van der Waals surface area contributed by atoms with Crippen LogP contribution in [0.5, 0.6) is 5.75 Å². The molecule has 1 atom stereocenters. The number of benzene rings is 2. The van der Waals surface area contributed by atoms with E-state index in [0.29, 0.717) is 37.1 Å². The lowest BCUT2D eigenvalue weighted by atomic mass is 10.0. The molecule has 6 nitrogen and oxygen atoms in total. The van der Waals surface area contributed by atoms with E-state index < -0.39 is 34.7 Å². The minimum Gasteiger partial charge on any atom is -0.503 e. The molecular weight excluding hydrogens is 471 g/mol. The third-order valence-electron chi connectivity index (χ3n) is 6.02. The number of anilines is 1. The number of aromatic hydroxyl groups is 1. The monoisotopic (exact) mass is 490 g/mol. The molecule has 5 rings (SSSR count). The summed E-state index contributed by atoms with van der Waals surface area (Å²) in [5, 5.41) is 14.1. The highest BCUT2D eigenvalue weighted by Crippen LogP contribution is 2.41. The van der Waals surface area contributed by atoms with Crippen LogP contribution in [0.4, 0.5) is 27.8 Å². The van der Waals surface area contributed by atoms with Crippen LogP contribution >= 0.6 is 0 Å². The maximum atomic E-state index is 14.7. The Bertz CT molecular complexity index is 1410. The van der Waals surface area contributed by atoms with Gasteiger partial charge in [-0.3, -0.25) is 4.68 Å². The number of phenolic OH excluding ortho intramolecular Hbond substituents is 1. The molecule has 0 spiro atoms. The number of pyridine rings is 1. The van der Waals surface area contributed by atoms with Crippen molar-refractivity contribution in [1.82, 2.24) is 14.8 Å². The van der Waals surface area contributed by atoms with Gasteiger partial charge in [-0.05, 0) is 11.6 Å². The van der Waals surface area contributed by atoms with E-state index in [1.54, 1.807) is 13.1 Å². The largest absolute Gasteiger partial charge is 0.503 e. The molecule has 4 aromatic rings. The molecule has 11 heteroatoms. The fourth-order valence-electron chi connectivity index (χ4n) is 4.24. The standard InChI is InChI=1S/C24H19F5N4O2/c1-32-17-10-19(33-7-8-35-18(12-33)13-5-3-2-4-6-13)30-11-15(17)22(31-32)14-9-16(24(27,28)29)21(26)23(34)20(14)25/h2-6,9-11,18,34H,7-8,12H2,1H3. The zero-order valence-corrected chi connectivity index (χ0v) is 18.4. The number of alkyl halides is 3. The van der Waals surface area contributed by atoms with Crippen molar-refractivity contribution in [2.75, 3.05) is 24.6 Å². The SMILES string of the molecule is Cn1nc(-c2cc(C(F)(F)F)c(F)c(O)c2F)c2cnc(N3CCOC(c4ccccc4)C3)cc21. The molecule has 0 aliphatic carbocycles. The van der Waals surface area contributed by atoms with Crippen LogP contribution < -0.4 is 4.90 Å². The second-order valence-corrected chi connectivity index (χ2v) is 8.19. The highest BCUT2D eigenvalue weighted by Gasteiger charge is 2.38. The second kappa shape index (κ2) is 8.49. The molecule has 182 valence electrons. The average Bonchev–Trinajstić information content (AvgIpc) is 3.18. The maximum absolute atomic E-state index is 14.7. The number of aromatic nitrogens is 3. The number of hydrogen-bond donors (Lipinski definition) is 1. The first kappa shape index (κ1) is 23.0. The molecule has 1 saturated heterocycles. The van der Waals surface area contributed by atoms with E-state index in [0.717, 1.165) is 5.56 Å². The lowest BCUT2D eigenvalue weighted by Crippen LogP contribution is -2.38. The highest BCUT2D eigenvalue weighted by molar-refractivity contribution is 5.94. The summed E-state index contributed by atoms with van der Waals surface area (Å²) in [6.07, 6.45) is -3.92. The van der Waals surface area contributed by atoms with Crippen molar-refractivity contribution in [3.63, 3.8) is 0 Å². The highest BCUT2D eigenvalue weighted by atomic mass is 19.4. The first-order chi connectivity index (χ1) is 16.6. The number of ether oxygens (including phenoxy) is 1. The number of aryl methyl sites for hydroxylation is 1. The van der Waals surface area contributed by atoms with Gasteiger partial charge in [0, 0.05) is 43.4 Å². The van der Waals surface area contributed by atoms with Crippen LogP contribution in [0.25, 0.3) is 22.2 Å². The molecular formula is C24H19F5N4O2. The molecule has 35 heavy (non-hydrogen) atoms. The van der Waals surface area contributed by atoms with Gasteiger partial charge in [-0.15, -0.1) is 0 Å². The number of hydrogen-bond acceptors (Lipinski definition) is 5. The van der Waals surface area contributed by atoms with Gasteiger partial charge in [0.05, 0.1) is 17.7 Å². The minimum absolute atomic E-state index is 0.165. The van der Waals surface area contributed by atoms with Gasteiger partial charge in [0.1, 0.15) is 17.6 Å². The van der Waals surface area contributed by atoms with Crippen molar-refractivity contribution in [3.8, 4) is 17.0 Å². The summed E-state index contributed by atoms with van der Waals surface area (Å²) in [4.78, 5) is 6.45. The molecule has 1 unspecified atom stereocenters. The van der Waals surface area contributed by atoms with Crippen molar-refractivity contribution in [2.24, 2.45) is 7.05 Å². The number of phenols is 1. The quantitative estimate of drug-likeness (QED) is 0.399. The summed E-state index contributed by atoms with van der Waals surface area (Å²) >= 11 is 0. The average molecular weight is 490 g/mol. The van der Waals surface area contributed by atoms with Crippen LogP contribution in [0.2, 0.25) is 0 Å². The molecule has 1 aliphatic heterocycles. The molecule has 0 amide bonds. The summed E-state index contributed by atoms with van der Waals surface area (Å²) in [6.45, 7) is 1.57. The third kappa shape index (κ3) is 4.05. The lowest BCUT2D eigenvalue weighted by Gasteiger charge is -2.34. The van der Waals surface area contributed by atoms with E-state index in [-0.39, 0.29) is 17.2 Å². The summed E-state index contributed by atoms with van der Waals surface area (Å²) in [5.74, 6) is -4.72. The van der Waals surface area contributed by atoms with Crippen molar-refractivity contribution >= 4 is 16.7 Å². The van der Waals surface area contributed by atoms with Crippen LogP contribution in [0, 0.1) is 11.6 Å². The van der Waals surface area contributed by atoms with Crippen molar-refractivity contribution < 1.29 is 31.8 Å². The summed E-state index contributed by atoms with van der Waals surface area (Å²) in [7, 11) is 1.55. The molecule has 2 aromatic carbocycles. The van der Waals surface area contributed by atoms with Crippen molar-refractivity contribution in [1.29, 1.82) is 0 Å². The molecule has 1 aliphatic rings. The minimum atomic E-state index is -5.13. The topological polar surface area (TPSA) is 63.4 Å². The van der Waals surface area contributed by atoms with Gasteiger partial charge in [0.2, 0.25) is 0 Å². The van der Waals surface area contributed by atoms with E-state index in [4.69, 9.17) is 4.74 Å². The van der Waals surface area contributed by atoms with E-state index in [1.807, 2.05) is 35.2 Å². The smallest absolute Gasteiger partial charge is 0.419 e. The van der Waals surface area contributed by atoms with E-state index in [9.17, 15) is 27.1 Å². The summed E-state index contributed by atoms with van der Waals surface area (Å²) < 4.78 is 75.6. The van der Waals surface area contributed by atoms with Crippen LogP contribution in [0.3, 0.4) is 0 Å². The fourth-order valence-corrected chi connectivity index (χ4v) is 4.24. The number of morpholine rings is 1. The van der Waals surface area contributed by atoms with Crippen LogP contribution in [0.15, 0.2) is 48.7 Å². The maximum Gasteiger partial charge on any atom is 0.419 e. The van der Waals surface area contributed by atoms with Crippen LogP contribution in [-0.2, 0) is 18.0 Å². The molecule has 1 fully saturated rings. The van der Waals surface area contributed by atoms with Gasteiger partial charge in [-0.1, -0.05) is 30.3 Å². The number of halogens is 5. The van der Waals surface area contributed by atoms with Crippen molar-refractivity contribution in [2.45, 2.75) is 12.3 Å². The Balaban J connectivity index is 1.54. The van der Waals surface area contributed by atoms with E-state index in [2.05, 4.69) is 10.1 Å². The zero-order valence-electron chi connectivity index (χ0n) is 18.4. The Morgan fingerprint density at radius 2 is 1.83 bits per heavy atom. The van der Waals surface area contributed by atoms with E-state index in [1.165, 1.54) is 10.9 Å². The summed E-state index contributed by atoms with van der Waals surface area (Å²) in [5.41, 5.74) is -1.15. The predicted octanol–water partition coefficient (Wildman–Crippen LogP) is 5.22. The van der Waals surface area contributed by atoms with Gasteiger partial charge in [0.15, 0.2) is 17.4 Å². The first-order valence-electron chi connectivity index (χ1n) is 10.7. The van der Waals surface area contributed by atoms with Gasteiger partial charge >= 0.3 is 6.18 Å². The molecule has 0 radical (unpaired) electrons. The number of nitrogens with zero attached hydrogens (tertiary/aromatic N) is 4. The molecule has 1 N–H and O–H groups in total. The molecule has 0 bridgehead atoms. The van der Waals surface area contributed by atoms with E-state index >= 15 is 0 Å². The van der Waals surface area contributed by atoms with Crippen LogP contribution in [-0.4, -0.2) is 39.6 Å². The third-order valence-corrected chi connectivity index (χ3v) is 6.02. The Hall–Kier alpha value is -3.73. The molecule has 3 heterocycles. The normalized spacial score (nSPS) is 16.7. The number of rotatable bonds is 3. The molecule has 2 aromatic heterocycles. The fraction of sp³-hybridized carbons (Fsp3) is 0.250. The number of fused-ring (bicyclic) bond motifs is 1. The second-order valence-electron chi connectivity index (χ2n) is 8.19. The summed E-state index contributed by atoms with van der Waals surface area (Å²) in [6, 6.07) is 11.7. The Morgan fingerprint density at radius 1 is 1.09 bits per heavy atom. The zero-order chi connectivity index (χ0) is 24.9. The van der Waals surface area contributed by atoms with Gasteiger partial charge in [-0.25, -0.2) is 13.8 Å². The first-order valence-corrected chi connectivity index (χ1v) is 10.7. The van der Waals surface area contributed by atoms with Gasteiger partial charge in [0.25, 0.3) is 0 Å².